The number of halogens is 1. The van der Waals surface area contributed by atoms with Crippen LogP contribution >= 0.6 is 22.9 Å². The van der Waals surface area contributed by atoms with E-state index in [1.54, 1.807) is 31.4 Å². The van der Waals surface area contributed by atoms with Crippen LogP contribution in [0.4, 0.5) is 5.13 Å². The summed E-state index contributed by atoms with van der Waals surface area (Å²) in [5.41, 5.74) is 1.86. The monoisotopic (exact) mass is 384 g/mol. The molecular formula is C19H13ClN2O3S. The van der Waals surface area contributed by atoms with Crippen LogP contribution in [0.1, 0.15) is 10.4 Å². The summed E-state index contributed by atoms with van der Waals surface area (Å²) in [7, 11) is 1.61. The van der Waals surface area contributed by atoms with Crippen molar-refractivity contribution in [1.29, 1.82) is 0 Å². The standard InChI is InChI=1S/C19H13ClN2O3S/c1-24-14-6-5-11-8-17(25-16(11)9-14)15-10-26-19(21-15)22-18(23)12-3-2-4-13(20)7-12/h2-10H,1H3,(H,21,22,23). The summed E-state index contributed by atoms with van der Waals surface area (Å²) >= 11 is 7.25. The van der Waals surface area contributed by atoms with Crippen LogP contribution in [0.25, 0.3) is 22.4 Å². The number of methoxy groups -OCH3 is 1. The van der Waals surface area contributed by atoms with E-state index >= 15 is 0 Å². The van der Waals surface area contributed by atoms with E-state index in [0.29, 0.717) is 27.2 Å². The Kier molecular flexibility index (Phi) is 4.36. The number of ether oxygens (including phenoxy) is 1. The van der Waals surface area contributed by atoms with E-state index in [-0.39, 0.29) is 5.91 Å². The highest BCUT2D eigenvalue weighted by Crippen LogP contribution is 2.32. The van der Waals surface area contributed by atoms with E-state index < -0.39 is 0 Å². The molecule has 4 rings (SSSR count). The van der Waals surface area contributed by atoms with Crippen LogP contribution in [0, 0.1) is 0 Å². The molecule has 2 heterocycles. The number of rotatable bonds is 4. The molecule has 130 valence electrons. The summed E-state index contributed by atoms with van der Waals surface area (Å²) in [5, 5.41) is 6.57. The maximum atomic E-state index is 12.3. The quantitative estimate of drug-likeness (QED) is 0.506. The number of carbonyl (C=O) groups excluding carboxylic acids is 1. The molecule has 0 aliphatic carbocycles. The fraction of sp³-hybridized carbons (Fsp3) is 0.0526. The maximum absolute atomic E-state index is 12.3. The first-order valence-corrected chi connectivity index (χ1v) is 8.98. The van der Waals surface area contributed by atoms with Gasteiger partial charge in [-0.25, -0.2) is 4.98 Å². The van der Waals surface area contributed by atoms with Gasteiger partial charge in [-0.05, 0) is 36.4 Å². The summed E-state index contributed by atoms with van der Waals surface area (Å²) in [4.78, 5) is 16.7. The average molecular weight is 385 g/mol. The third kappa shape index (κ3) is 3.29. The maximum Gasteiger partial charge on any atom is 0.257 e. The summed E-state index contributed by atoms with van der Waals surface area (Å²) in [5.74, 6) is 1.10. The van der Waals surface area contributed by atoms with Crippen molar-refractivity contribution in [3.05, 3.63) is 64.5 Å². The van der Waals surface area contributed by atoms with Crippen LogP contribution in [0.15, 0.2) is 58.3 Å². The number of furan rings is 1. The molecule has 2 aromatic carbocycles. The van der Waals surface area contributed by atoms with Crippen molar-refractivity contribution in [1.82, 2.24) is 4.98 Å². The number of hydrogen-bond donors (Lipinski definition) is 1. The van der Waals surface area contributed by atoms with Crippen LogP contribution in [0.5, 0.6) is 5.75 Å². The SMILES string of the molecule is COc1ccc2cc(-c3csc(NC(=O)c4cccc(Cl)c4)n3)oc2c1. The zero-order valence-corrected chi connectivity index (χ0v) is 15.2. The van der Waals surface area contributed by atoms with Crippen molar-refractivity contribution in [3.63, 3.8) is 0 Å². The first-order valence-electron chi connectivity index (χ1n) is 7.73. The van der Waals surface area contributed by atoms with Gasteiger partial charge >= 0.3 is 0 Å². The number of benzene rings is 2. The first-order chi connectivity index (χ1) is 12.6. The van der Waals surface area contributed by atoms with Crippen LogP contribution in [-0.2, 0) is 0 Å². The molecular weight excluding hydrogens is 372 g/mol. The number of nitrogens with zero attached hydrogens (tertiary/aromatic N) is 1. The first kappa shape index (κ1) is 16.6. The lowest BCUT2D eigenvalue weighted by atomic mass is 10.2. The predicted molar refractivity (Wildman–Crippen MR) is 103 cm³/mol. The molecule has 2 aromatic heterocycles. The smallest absolute Gasteiger partial charge is 0.257 e. The lowest BCUT2D eigenvalue weighted by Crippen LogP contribution is -2.11. The highest BCUT2D eigenvalue weighted by molar-refractivity contribution is 7.14. The lowest BCUT2D eigenvalue weighted by molar-refractivity contribution is 0.102. The molecule has 0 aliphatic rings. The minimum Gasteiger partial charge on any atom is -0.497 e. The van der Waals surface area contributed by atoms with Crippen molar-refractivity contribution < 1.29 is 13.9 Å². The summed E-state index contributed by atoms with van der Waals surface area (Å²) < 4.78 is 11.1. The highest BCUT2D eigenvalue weighted by atomic mass is 35.5. The van der Waals surface area contributed by atoms with Gasteiger partial charge in [0.15, 0.2) is 10.9 Å². The number of aromatic nitrogens is 1. The second-order valence-corrected chi connectivity index (χ2v) is 6.81. The Morgan fingerprint density at radius 1 is 1.23 bits per heavy atom. The molecule has 1 amide bonds. The van der Waals surface area contributed by atoms with Crippen molar-refractivity contribution in [2.45, 2.75) is 0 Å². The third-order valence-electron chi connectivity index (χ3n) is 3.79. The third-order valence-corrected chi connectivity index (χ3v) is 4.78. The summed E-state index contributed by atoms with van der Waals surface area (Å²) in [6, 6.07) is 14.3. The average Bonchev–Trinajstić information content (AvgIpc) is 3.27. The number of anilines is 1. The Bertz CT molecular complexity index is 1100. The van der Waals surface area contributed by atoms with Gasteiger partial charge in [-0.2, -0.15) is 0 Å². The van der Waals surface area contributed by atoms with Gasteiger partial charge in [-0.3, -0.25) is 10.1 Å². The summed E-state index contributed by atoms with van der Waals surface area (Å²) in [6.07, 6.45) is 0. The number of amides is 1. The van der Waals surface area contributed by atoms with Gasteiger partial charge in [0.25, 0.3) is 5.91 Å². The van der Waals surface area contributed by atoms with E-state index in [9.17, 15) is 4.79 Å². The highest BCUT2D eigenvalue weighted by Gasteiger charge is 2.13. The minimum absolute atomic E-state index is 0.261. The molecule has 0 saturated heterocycles. The molecule has 0 aliphatic heterocycles. The molecule has 26 heavy (non-hydrogen) atoms. The fourth-order valence-electron chi connectivity index (χ4n) is 2.51. The van der Waals surface area contributed by atoms with Gasteiger partial charge in [0.05, 0.1) is 7.11 Å². The van der Waals surface area contributed by atoms with Gasteiger partial charge in [0, 0.05) is 27.4 Å². The van der Waals surface area contributed by atoms with Crippen molar-refractivity contribution >= 4 is 44.9 Å². The fourth-order valence-corrected chi connectivity index (χ4v) is 3.39. The number of thiazole rings is 1. The van der Waals surface area contributed by atoms with Crippen molar-refractivity contribution in [2.24, 2.45) is 0 Å². The number of fused-ring (bicyclic) bond motifs is 1. The molecule has 0 unspecified atom stereocenters. The van der Waals surface area contributed by atoms with Crippen molar-refractivity contribution in [3.8, 4) is 17.2 Å². The van der Waals surface area contributed by atoms with Crippen LogP contribution in [0.3, 0.4) is 0 Å². The van der Waals surface area contributed by atoms with Crippen LogP contribution in [-0.4, -0.2) is 18.0 Å². The van der Waals surface area contributed by atoms with Gasteiger partial charge in [0.1, 0.15) is 17.0 Å². The van der Waals surface area contributed by atoms with E-state index in [1.807, 2.05) is 29.6 Å². The summed E-state index contributed by atoms with van der Waals surface area (Å²) in [6.45, 7) is 0. The zero-order chi connectivity index (χ0) is 18.1. The Balaban J connectivity index is 1.57. The van der Waals surface area contributed by atoms with E-state index in [0.717, 1.165) is 16.7 Å². The molecule has 1 N–H and O–H groups in total. The Morgan fingerprint density at radius 2 is 2.12 bits per heavy atom. The lowest BCUT2D eigenvalue weighted by Gasteiger charge is -2.01. The number of nitrogens with one attached hydrogen (secondary N) is 1. The second-order valence-electron chi connectivity index (χ2n) is 5.52. The molecule has 7 heteroatoms. The van der Waals surface area contributed by atoms with Crippen molar-refractivity contribution in [2.75, 3.05) is 12.4 Å². The number of carbonyl (C=O) groups is 1. The molecule has 0 atom stereocenters. The minimum atomic E-state index is -0.261. The van der Waals surface area contributed by atoms with Crippen LogP contribution in [0.2, 0.25) is 5.02 Å². The van der Waals surface area contributed by atoms with Crippen LogP contribution < -0.4 is 10.1 Å². The van der Waals surface area contributed by atoms with Gasteiger partial charge in [0.2, 0.25) is 0 Å². The molecule has 0 radical (unpaired) electrons. The Labute approximate surface area is 158 Å². The molecule has 0 bridgehead atoms. The molecule has 0 saturated carbocycles. The number of hydrogen-bond acceptors (Lipinski definition) is 5. The predicted octanol–water partition coefficient (Wildman–Crippen LogP) is 5.47. The molecule has 0 spiro atoms. The van der Waals surface area contributed by atoms with Gasteiger partial charge in [-0.15, -0.1) is 11.3 Å². The normalized spacial score (nSPS) is 10.8. The zero-order valence-electron chi connectivity index (χ0n) is 13.7. The largest absolute Gasteiger partial charge is 0.497 e. The molecule has 0 fully saturated rings. The van der Waals surface area contributed by atoms with E-state index in [2.05, 4.69) is 10.3 Å². The Hall–Kier alpha value is -2.83. The Morgan fingerprint density at radius 3 is 2.92 bits per heavy atom. The molecule has 5 nitrogen and oxygen atoms in total. The second kappa shape index (κ2) is 6.82. The van der Waals surface area contributed by atoms with E-state index in [4.69, 9.17) is 20.8 Å². The topological polar surface area (TPSA) is 64.4 Å². The van der Waals surface area contributed by atoms with E-state index in [1.165, 1.54) is 11.3 Å². The van der Waals surface area contributed by atoms with Gasteiger partial charge < -0.3 is 9.15 Å². The van der Waals surface area contributed by atoms with Gasteiger partial charge in [-0.1, -0.05) is 17.7 Å². The molecule has 4 aromatic rings.